The maximum absolute atomic E-state index is 13.3. The molecule has 38 heavy (non-hydrogen) atoms. The van der Waals surface area contributed by atoms with E-state index in [0.29, 0.717) is 44.0 Å². The number of morpholine rings is 1. The Hall–Kier alpha value is -3.85. The van der Waals surface area contributed by atoms with Gasteiger partial charge in [-0.3, -0.25) is 9.59 Å². The molecule has 15 heteroatoms. The number of hydrogen-bond acceptors (Lipinski definition) is 8. The first-order valence-electron chi connectivity index (χ1n) is 11.3. The van der Waals surface area contributed by atoms with Crippen molar-refractivity contribution in [3.05, 3.63) is 65.4 Å². The van der Waals surface area contributed by atoms with Gasteiger partial charge >= 0.3 is 6.18 Å². The van der Waals surface area contributed by atoms with Crippen molar-refractivity contribution in [1.82, 2.24) is 30.0 Å². The van der Waals surface area contributed by atoms with E-state index in [-0.39, 0.29) is 17.5 Å². The molecule has 0 aliphatic carbocycles. The quantitative estimate of drug-likeness (QED) is 0.491. The second-order valence-corrected chi connectivity index (χ2v) is 10.6. The Bertz CT molecular complexity index is 1450. The van der Waals surface area contributed by atoms with Crippen molar-refractivity contribution in [3.63, 3.8) is 0 Å². The van der Waals surface area contributed by atoms with Crippen molar-refractivity contribution in [2.75, 3.05) is 32.6 Å². The lowest BCUT2D eigenvalue weighted by atomic mass is 10.1. The summed E-state index contributed by atoms with van der Waals surface area (Å²) in [7, 11) is -4.02. The monoisotopic (exact) mass is 552 g/mol. The fraction of sp³-hybridized carbons (Fsp3) is 0.348. The minimum Gasteiger partial charge on any atom is -0.378 e. The Morgan fingerprint density at radius 3 is 2.39 bits per heavy atom. The Morgan fingerprint density at radius 2 is 1.79 bits per heavy atom. The molecule has 1 N–H and O–H groups in total. The summed E-state index contributed by atoms with van der Waals surface area (Å²) in [6.45, 7) is 3.39. The summed E-state index contributed by atoms with van der Waals surface area (Å²) in [5, 5.41) is 6.61. The summed E-state index contributed by atoms with van der Waals surface area (Å²) < 4.78 is 70.3. The highest BCUT2D eigenvalue weighted by atomic mass is 32.2. The molecule has 0 bridgehead atoms. The Labute approximate surface area is 215 Å². The summed E-state index contributed by atoms with van der Waals surface area (Å²) in [6.07, 6.45) is -1.51. The van der Waals surface area contributed by atoms with Crippen LogP contribution in [-0.4, -0.2) is 77.4 Å². The average Bonchev–Trinajstić information content (AvgIpc) is 3.38. The molecule has 0 radical (unpaired) electrons. The zero-order valence-corrected chi connectivity index (χ0v) is 21.1. The number of carbonyl (C=O) groups is 2. The molecule has 0 saturated carbocycles. The van der Waals surface area contributed by atoms with Crippen LogP contribution in [-0.2, 0) is 20.8 Å². The van der Waals surface area contributed by atoms with Gasteiger partial charge < -0.3 is 15.0 Å². The van der Waals surface area contributed by atoms with Gasteiger partial charge in [0.25, 0.3) is 11.8 Å². The zero-order chi connectivity index (χ0) is 27.7. The number of halogens is 3. The molecule has 11 nitrogen and oxygen atoms in total. The Morgan fingerprint density at radius 1 is 1.08 bits per heavy atom. The number of benzene rings is 1. The second-order valence-electron chi connectivity index (χ2n) is 8.55. The van der Waals surface area contributed by atoms with Crippen molar-refractivity contribution in [1.29, 1.82) is 0 Å². The number of ether oxygens (including phenoxy) is 1. The lowest BCUT2D eigenvalue weighted by Gasteiger charge is -2.26. The highest BCUT2D eigenvalue weighted by Gasteiger charge is 2.33. The van der Waals surface area contributed by atoms with E-state index in [1.165, 1.54) is 24.1 Å². The van der Waals surface area contributed by atoms with Gasteiger partial charge in [-0.1, -0.05) is 0 Å². The highest BCUT2D eigenvalue weighted by molar-refractivity contribution is 7.90. The second kappa shape index (κ2) is 10.5. The molecule has 3 heterocycles. The molecule has 202 valence electrons. The topological polar surface area (TPSA) is 136 Å². The van der Waals surface area contributed by atoms with E-state index in [4.69, 9.17) is 4.74 Å². The fourth-order valence-corrected chi connectivity index (χ4v) is 4.44. The maximum Gasteiger partial charge on any atom is 0.416 e. The number of nitrogens with one attached hydrogen (secondary N) is 1. The number of aromatic nitrogens is 4. The van der Waals surface area contributed by atoms with Crippen LogP contribution in [0.4, 0.5) is 13.2 Å². The van der Waals surface area contributed by atoms with Crippen molar-refractivity contribution in [2.45, 2.75) is 24.0 Å². The van der Waals surface area contributed by atoms with E-state index in [1.54, 1.807) is 17.0 Å². The lowest BCUT2D eigenvalue weighted by molar-refractivity contribution is -0.137. The number of alkyl halides is 3. The zero-order valence-electron chi connectivity index (χ0n) is 20.3. The fourth-order valence-electron chi connectivity index (χ4n) is 3.76. The van der Waals surface area contributed by atoms with Gasteiger partial charge in [0, 0.05) is 31.1 Å². The number of amides is 2. The first-order chi connectivity index (χ1) is 17.8. The molecule has 0 unspecified atom stereocenters. The third-order valence-electron chi connectivity index (χ3n) is 5.74. The molecule has 1 saturated heterocycles. The predicted octanol–water partition coefficient (Wildman–Crippen LogP) is 2.05. The van der Waals surface area contributed by atoms with Crippen molar-refractivity contribution in [2.24, 2.45) is 0 Å². The third-order valence-corrected chi connectivity index (χ3v) is 6.84. The third kappa shape index (κ3) is 5.99. The Kier molecular flexibility index (Phi) is 7.51. The average molecular weight is 553 g/mol. The maximum atomic E-state index is 13.3. The van der Waals surface area contributed by atoms with E-state index < -0.39 is 44.0 Å². The lowest BCUT2D eigenvalue weighted by Crippen LogP contribution is -2.40. The van der Waals surface area contributed by atoms with Crippen LogP contribution in [0.2, 0.25) is 0 Å². The normalized spacial score (nSPS) is 15.2. The van der Waals surface area contributed by atoms with Crippen molar-refractivity contribution >= 4 is 21.7 Å². The summed E-state index contributed by atoms with van der Waals surface area (Å²) in [6, 6.07) is 4.19. The molecule has 1 aliphatic heterocycles. The number of hydrogen-bond donors (Lipinski definition) is 1. The molecule has 1 atom stereocenters. The first kappa shape index (κ1) is 27.2. The molecule has 2 aromatic heterocycles. The molecule has 4 rings (SSSR count). The van der Waals surface area contributed by atoms with E-state index in [2.05, 4.69) is 20.4 Å². The minimum atomic E-state index is -4.86. The van der Waals surface area contributed by atoms with Gasteiger partial charge in [0.05, 0.1) is 35.3 Å². The van der Waals surface area contributed by atoms with Crippen LogP contribution in [0.1, 0.15) is 45.1 Å². The summed E-state index contributed by atoms with van der Waals surface area (Å²) >= 11 is 0. The van der Waals surface area contributed by atoms with Gasteiger partial charge in [-0.05, 0) is 37.3 Å². The summed E-state index contributed by atoms with van der Waals surface area (Å²) in [4.78, 5) is 34.9. The predicted molar refractivity (Wildman–Crippen MR) is 126 cm³/mol. The van der Waals surface area contributed by atoms with Crippen LogP contribution < -0.4 is 5.32 Å². The smallest absolute Gasteiger partial charge is 0.378 e. The Balaban J connectivity index is 1.54. The van der Waals surface area contributed by atoms with Gasteiger partial charge in [0.1, 0.15) is 6.33 Å². The molecule has 0 spiro atoms. The number of pyridine rings is 1. The number of carbonyl (C=O) groups excluding carboxylic acids is 2. The van der Waals surface area contributed by atoms with Crippen LogP contribution in [0, 0.1) is 0 Å². The van der Waals surface area contributed by atoms with Crippen LogP contribution in [0.5, 0.6) is 0 Å². The molecular weight excluding hydrogens is 529 g/mol. The van der Waals surface area contributed by atoms with E-state index in [0.717, 1.165) is 12.3 Å². The number of rotatable bonds is 6. The first-order valence-corrected chi connectivity index (χ1v) is 13.2. The van der Waals surface area contributed by atoms with Crippen molar-refractivity contribution < 1.29 is 35.9 Å². The van der Waals surface area contributed by atoms with E-state index in [9.17, 15) is 31.2 Å². The largest absolute Gasteiger partial charge is 0.416 e. The number of nitrogens with zero attached hydrogens (tertiary/aromatic N) is 5. The van der Waals surface area contributed by atoms with E-state index in [1.807, 2.05) is 0 Å². The molecule has 1 aliphatic rings. The SMILES string of the molecule is C[C@H](NC(=O)c1cc(C(F)(F)F)cc(S(C)(=O)=O)c1)c1ncnn1-c1ccc(C(=O)N2CCOCC2)cn1. The van der Waals surface area contributed by atoms with Crippen molar-refractivity contribution in [3.8, 4) is 5.82 Å². The van der Waals surface area contributed by atoms with Crippen LogP contribution in [0.25, 0.3) is 5.82 Å². The highest BCUT2D eigenvalue weighted by Crippen LogP contribution is 2.32. The summed E-state index contributed by atoms with van der Waals surface area (Å²) in [5.41, 5.74) is -1.38. The van der Waals surface area contributed by atoms with Crippen LogP contribution in [0.3, 0.4) is 0 Å². The van der Waals surface area contributed by atoms with Gasteiger partial charge in [-0.2, -0.15) is 23.0 Å². The standard InChI is InChI=1S/C23H23F3N6O5S/c1-14(30-21(33)16-9-17(23(24,25)26)11-18(10-16)38(2,35)36)20-28-13-29-32(20)19-4-3-15(12-27-19)22(34)31-5-7-37-8-6-31/h3-4,9-14H,5-8H2,1-2H3,(H,30,33)/t14-/m0/s1. The molecule has 2 amide bonds. The van der Waals surface area contributed by atoms with Gasteiger partial charge in [-0.15, -0.1) is 0 Å². The molecule has 1 aromatic carbocycles. The summed E-state index contributed by atoms with van der Waals surface area (Å²) in [5.74, 6) is -0.646. The van der Waals surface area contributed by atoms with E-state index >= 15 is 0 Å². The molecule has 3 aromatic rings. The molecule has 1 fully saturated rings. The van der Waals surface area contributed by atoms with Gasteiger partial charge in [0.2, 0.25) is 0 Å². The molecular formula is C23H23F3N6O5S. The minimum absolute atomic E-state index is 0.193. The van der Waals surface area contributed by atoms with Gasteiger partial charge in [-0.25, -0.2) is 18.4 Å². The number of sulfone groups is 1. The van der Waals surface area contributed by atoms with Crippen LogP contribution >= 0.6 is 0 Å². The van der Waals surface area contributed by atoms with Gasteiger partial charge in [0.15, 0.2) is 21.5 Å². The van der Waals surface area contributed by atoms with Crippen LogP contribution in [0.15, 0.2) is 47.8 Å².